The van der Waals surface area contributed by atoms with Gasteiger partial charge in [-0.15, -0.1) is 0 Å². The average molecular weight is 248 g/mol. The number of nitrogens with one attached hydrogen (secondary N) is 2. The van der Waals surface area contributed by atoms with Gasteiger partial charge in [0, 0.05) is 24.9 Å². The Kier molecular flexibility index (Phi) is 3.06. The molecule has 1 aliphatic rings. The molecule has 0 amide bonds. The molecule has 0 aliphatic carbocycles. The van der Waals surface area contributed by atoms with Crippen molar-refractivity contribution in [2.75, 3.05) is 18.5 Å². The van der Waals surface area contributed by atoms with Crippen molar-refractivity contribution < 1.29 is 9.15 Å². The minimum absolute atomic E-state index is 0.412. The van der Waals surface area contributed by atoms with Crippen molar-refractivity contribution in [2.45, 2.75) is 25.3 Å². The number of oxazole rings is 1. The number of benzene rings is 1. The summed E-state index contributed by atoms with van der Waals surface area (Å²) in [5, 5.41) is 3.48. The van der Waals surface area contributed by atoms with E-state index >= 15 is 0 Å². The molecule has 18 heavy (non-hydrogen) atoms. The van der Waals surface area contributed by atoms with Crippen LogP contribution in [0.5, 0.6) is 0 Å². The van der Waals surface area contributed by atoms with Crippen molar-refractivity contribution in [2.24, 2.45) is 0 Å². The van der Waals surface area contributed by atoms with Crippen molar-refractivity contribution in [3.63, 3.8) is 0 Å². The highest BCUT2D eigenvalue weighted by atomic mass is 16.5. The summed E-state index contributed by atoms with van der Waals surface area (Å²) in [6, 6.07) is 6.09. The van der Waals surface area contributed by atoms with Crippen LogP contribution in [0.3, 0.4) is 0 Å². The second kappa shape index (κ2) is 4.86. The van der Waals surface area contributed by atoms with E-state index in [1.807, 2.05) is 18.2 Å². The van der Waals surface area contributed by atoms with Gasteiger partial charge in [-0.05, 0) is 37.5 Å². The van der Waals surface area contributed by atoms with Crippen LogP contribution in [0.4, 0.5) is 5.69 Å². The number of fused-ring (bicyclic) bond motifs is 1. The molecule has 1 unspecified atom stereocenters. The fraction of sp³-hybridized carbons (Fsp3) is 0.462. The van der Waals surface area contributed by atoms with Gasteiger partial charge in [-0.3, -0.25) is 4.98 Å². The van der Waals surface area contributed by atoms with Crippen LogP contribution in [0.15, 0.2) is 27.4 Å². The van der Waals surface area contributed by atoms with E-state index in [9.17, 15) is 4.79 Å². The van der Waals surface area contributed by atoms with Crippen molar-refractivity contribution >= 4 is 16.8 Å². The second-order valence-electron chi connectivity index (χ2n) is 4.61. The molecule has 96 valence electrons. The lowest BCUT2D eigenvalue weighted by Gasteiger charge is -2.16. The number of ether oxygens (including phenoxy) is 1. The van der Waals surface area contributed by atoms with Crippen LogP contribution in [0, 0.1) is 0 Å². The number of rotatable bonds is 2. The van der Waals surface area contributed by atoms with Crippen LogP contribution >= 0.6 is 0 Å². The average Bonchev–Trinajstić information content (AvgIpc) is 2.56. The monoisotopic (exact) mass is 248 g/mol. The third kappa shape index (κ3) is 2.41. The van der Waals surface area contributed by atoms with Crippen LogP contribution in [0.25, 0.3) is 11.1 Å². The molecule has 0 bridgehead atoms. The summed E-state index contributed by atoms with van der Waals surface area (Å²) in [6.07, 6.45) is 3.21. The first-order valence-corrected chi connectivity index (χ1v) is 6.28. The number of aromatic nitrogens is 1. The molecular formula is C13H16N2O3. The third-order valence-electron chi connectivity index (χ3n) is 3.24. The number of H-pyrrole nitrogens is 1. The summed E-state index contributed by atoms with van der Waals surface area (Å²) in [7, 11) is 0. The zero-order chi connectivity index (χ0) is 12.4. The fourth-order valence-corrected chi connectivity index (χ4v) is 2.33. The van der Waals surface area contributed by atoms with Gasteiger partial charge in [0.1, 0.15) is 0 Å². The predicted octanol–water partition coefficient (Wildman–Crippen LogP) is 2.10. The summed E-state index contributed by atoms with van der Waals surface area (Å²) < 4.78 is 10.4. The van der Waals surface area contributed by atoms with Crippen molar-refractivity contribution in [3.8, 4) is 0 Å². The minimum atomic E-state index is -0.412. The van der Waals surface area contributed by atoms with E-state index in [2.05, 4.69) is 10.3 Å². The van der Waals surface area contributed by atoms with Gasteiger partial charge in [0.2, 0.25) is 0 Å². The predicted molar refractivity (Wildman–Crippen MR) is 68.9 cm³/mol. The second-order valence-corrected chi connectivity index (χ2v) is 4.61. The highest BCUT2D eigenvalue weighted by Crippen LogP contribution is 2.19. The first-order chi connectivity index (χ1) is 8.81. The molecule has 0 spiro atoms. The lowest BCUT2D eigenvalue weighted by Crippen LogP contribution is -2.19. The SMILES string of the molecule is O=c1[nH]c2cc(NC3CCCOCC3)ccc2o1. The fourth-order valence-electron chi connectivity index (χ4n) is 2.33. The Bertz CT molecular complexity index is 579. The van der Waals surface area contributed by atoms with Gasteiger partial charge in [0.15, 0.2) is 5.58 Å². The Morgan fingerprint density at radius 3 is 3.17 bits per heavy atom. The van der Waals surface area contributed by atoms with E-state index in [4.69, 9.17) is 9.15 Å². The molecule has 1 saturated heterocycles. The first kappa shape index (κ1) is 11.3. The lowest BCUT2D eigenvalue weighted by atomic mass is 10.1. The summed E-state index contributed by atoms with van der Waals surface area (Å²) in [5.74, 6) is -0.412. The minimum Gasteiger partial charge on any atom is -0.408 e. The zero-order valence-corrected chi connectivity index (χ0v) is 10.1. The van der Waals surface area contributed by atoms with Gasteiger partial charge < -0.3 is 14.5 Å². The Morgan fingerprint density at radius 1 is 1.28 bits per heavy atom. The number of anilines is 1. The number of aromatic amines is 1. The molecular weight excluding hydrogens is 232 g/mol. The summed E-state index contributed by atoms with van der Waals surface area (Å²) in [4.78, 5) is 13.7. The maximum atomic E-state index is 11.1. The summed E-state index contributed by atoms with van der Waals surface area (Å²) in [5.41, 5.74) is 2.33. The molecule has 0 radical (unpaired) electrons. The zero-order valence-electron chi connectivity index (χ0n) is 10.1. The van der Waals surface area contributed by atoms with Crippen molar-refractivity contribution in [1.82, 2.24) is 4.98 Å². The van der Waals surface area contributed by atoms with Crippen LogP contribution in [-0.4, -0.2) is 24.2 Å². The Hall–Kier alpha value is -1.75. The molecule has 5 heteroatoms. The van der Waals surface area contributed by atoms with Crippen LogP contribution in [0.2, 0.25) is 0 Å². The molecule has 1 atom stereocenters. The van der Waals surface area contributed by atoms with E-state index in [1.165, 1.54) is 0 Å². The first-order valence-electron chi connectivity index (χ1n) is 6.28. The van der Waals surface area contributed by atoms with Gasteiger partial charge in [-0.1, -0.05) is 0 Å². The highest BCUT2D eigenvalue weighted by Gasteiger charge is 2.12. The maximum Gasteiger partial charge on any atom is 0.417 e. The van der Waals surface area contributed by atoms with Gasteiger partial charge >= 0.3 is 5.76 Å². The molecule has 3 rings (SSSR count). The maximum absolute atomic E-state index is 11.1. The topological polar surface area (TPSA) is 67.3 Å². The highest BCUT2D eigenvalue weighted by molar-refractivity contribution is 5.76. The number of hydrogen-bond donors (Lipinski definition) is 2. The number of hydrogen-bond acceptors (Lipinski definition) is 4. The normalized spacial score (nSPS) is 20.8. The third-order valence-corrected chi connectivity index (χ3v) is 3.24. The summed E-state index contributed by atoms with van der Waals surface area (Å²) in [6.45, 7) is 1.66. The van der Waals surface area contributed by atoms with Crippen LogP contribution < -0.4 is 11.1 Å². The molecule has 2 aromatic rings. The Morgan fingerprint density at radius 2 is 2.22 bits per heavy atom. The van der Waals surface area contributed by atoms with E-state index in [-0.39, 0.29) is 0 Å². The van der Waals surface area contributed by atoms with Gasteiger partial charge in [0.05, 0.1) is 5.52 Å². The van der Waals surface area contributed by atoms with E-state index in [0.717, 1.165) is 43.7 Å². The van der Waals surface area contributed by atoms with Gasteiger partial charge in [0.25, 0.3) is 0 Å². The molecule has 1 aliphatic heterocycles. The molecule has 1 aromatic carbocycles. The van der Waals surface area contributed by atoms with Crippen LogP contribution in [0.1, 0.15) is 19.3 Å². The molecule has 2 N–H and O–H groups in total. The van der Waals surface area contributed by atoms with Crippen molar-refractivity contribution in [3.05, 3.63) is 28.7 Å². The van der Waals surface area contributed by atoms with Crippen LogP contribution in [-0.2, 0) is 4.74 Å². The Labute approximate surface area is 104 Å². The van der Waals surface area contributed by atoms with Gasteiger partial charge in [-0.2, -0.15) is 0 Å². The standard InChI is InChI=1S/C13H16N2O3/c16-13-15-11-8-10(3-4-12(11)18-13)14-9-2-1-6-17-7-5-9/h3-4,8-9,14H,1-2,5-7H2,(H,15,16). The molecule has 5 nitrogen and oxygen atoms in total. The van der Waals surface area contributed by atoms with E-state index in [0.29, 0.717) is 11.6 Å². The quantitative estimate of drug-likeness (QED) is 0.854. The largest absolute Gasteiger partial charge is 0.417 e. The molecule has 1 aromatic heterocycles. The smallest absolute Gasteiger partial charge is 0.408 e. The molecule has 0 saturated carbocycles. The van der Waals surface area contributed by atoms with E-state index < -0.39 is 5.76 Å². The molecule has 2 heterocycles. The van der Waals surface area contributed by atoms with E-state index in [1.54, 1.807) is 0 Å². The molecule has 1 fully saturated rings. The van der Waals surface area contributed by atoms with Gasteiger partial charge in [-0.25, -0.2) is 4.79 Å². The lowest BCUT2D eigenvalue weighted by molar-refractivity contribution is 0.144. The summed E-state index contributed by atoms with van der Waals surface area (Å²) >= 11 is 0. The van der Waals surface area contributed by atoms with Crippen molar-refractivity contribution in [1.29, 1.82) is 0 Å². The Balaban J connectivity index is 1.78.